The summed E-state index contributed by atoms with van der Waals surface area (Å²) < 4.78 is 23.0. The molecule has 1 heterocycles. The van der Waals surface area contributed by atoms with Crippen LogP contribution in [0.4, 0.5) is 4.39 Å². The maximum Gasteiger partial charge on any atom is 0.136 e. The number of nitrogens with one attached hydrogen (secondary N) is 1. The van der Waals surface area contributed by atoms with Gasteiger partial charge in [-0.25, -0.2) is 4.39 Å². The van der Waals surface area contributed by atoms with E-state index in [-0.39, 0.29) is 5.82 Å². The van der Waals surface area contributed by atoms with Crippen molar-refractivity contribution >= 4 is 11.5 Å². The number of methoxy groups -OCH3 is 1. The molecule has 4 nitrogen and oxygen atoms in total. The minimum Gasteiger partial charge on any atom is -0.496 e. The van der Waals surface area contributed by atoms with Crippen LogP contribution >= 0.6 is 11.5 Å². The van der Waals surface area contributed by atoms with Gasteiger partial charge in [0.05, 0.1) is 17.6 Å². The number of aromatic nitrogens is 2. The molecule has 1 aromatic carbocycles. The lowest BCUT2D eigenvalue weighted by Crippen LogP contribution is -2.11. The van der Waals surface area contributed by atoms with E-state index in [2.05, 4.69) is 14.9 Å². The predicted octanol–water partition coefficient (Wildman–Crippen LogP) is 2.46. The third-order valence-electron chi connectivity index (χ3n) is 2.52. The maximum atomic E-state index is 13.9. The van der Waals surface area contributed by atoms with E-state index in [1.54, 1.807) is 12.1 Å². The standard InChI is InChI=1S/C12H14FN3OS/c1-3-14-7-10-12(15-16-18-10)11-8(13)5-4-6-9(11)17-2/h4-6,14H,3,7H2,1-2H3. The van der Waals surface area contributed by atoms with Crippen LogP contribution in [0.3, 0.4) is 0 Å². The van der Waals surface area contributed by atoms with Crippen LogP contribution in [0, 0.1) is 5.82 Å². The summed E-state index contributed by atoms with van der Waals surface area (Å²) in [5.74, 6) is 0.125. The van der Waals surface area contributed by atoms with Crippen LogP contribution in [0.2, 0.25) is 0 Å². The second kappa shape index (κ2) is 5.88. The molecule has 0 fully saturated rings. The Kier molecular flexibility index (Phi) is 4.22. The summed E-state index contributed by atoms with van der Waals surface area (Å²) >= 11 is 1.27. The van der Waals surface area contributed by atoms with Crippen molar-refractivity contribution in [3.8, 4) is 17.0 Å². The van der Waals surface area contributed by atoms with Gasteiger partial charge in [-0.05, 0) is 30.2 Å². The number of ether oxygens (including phenoxy) is 1. The molecule has 0 saturated heterocycles. The highest BCUT2D eigenvalue weighted by Gasteiger charge is 2.18. The molecule has 1 aromatic heterocycles. The average molecular weight is 267 g/mol. The first-order chi connectivity index (χ1) is 8.77. The van der Waals surface area contributed by atoms with Crippen LogP contribution in [0.1, 0.15) is 11.8 Å². The Morgan fingerprint density at radius 1 is 1.44 bits per heavy atom. The number of nitrogens with zero attached hydrogens (tertiary/aromatic N) is 2. The molecule has 2 aromatic rings. The van der Waals surface area contributed by atoms with E-state index >= 15 is 0 Å². The molecule has 2 rings (SSSR count). The van der Waals surface area contributed by atoms with E-state index < -0.39 is 0 Å². The van der Waals surface area contributed by atoms with Gasteiger partial charge in [-0.2, -0.15) is 0 Å². The highest BCUT2D eigenvalue weighted by molar-refractivity contribution is 7.05. The molecule has 0 radical (unpaired) electrons. The Morgan fingerprint density at radius 2 is 2.28 bits per heavy atom. The highest BCUT2D eigenvalue weighted by atomic mass is 32.1. The number of halogens is 1. The quantitative estimate of drug-likeness (QED) is 0.904. The fraction of sp³-hybridized carbons (Fsp3) is 0.333. The van der Waals surface area contributed by atoms with Crippen molar-refractivity contribution in [3.63, 3.8) is 0 Å². The molecule has 0 spiro atoms. The lowest BCUT2D eigenvalue weighted by atomic mass is 10.1. The molecule has 0 saturated carbocycles. The Labute approximate surface area is 109 Å². The van der Waals surface area contributed by atoms with Crippen molar-refractivity contribution in [1.82, 2.24) is 14.9 Å². The summed E-state index contributed by atoms with van der Waals surface area (Å²) in [7, 11) is 1.52. The molecule has 0 unspecified atom stereocenters. The van der Waals surface area contributed by atoms with Gasteiger partial charge in [-0.3, -0.25) is 0 Å². The summed E-state index contributed by atoms with van der Waals surface area (Å²) in [6.07, 6.45) is 0. The first kappa shape index (κ1) is 12.9. The van der Waals surface area contributed by atoms with Crippen molar-refractivity contribution in [1.29, 1.82) is 0 Å². The monoisotopic (exact) mass is 267 g/mol. The van der Waals surface area contributed by atoms with Gasteiger partial charge in [0.25, 0.3) is 0 Å². The first-order valence-electron chi connectivity index (χ1n) is 5.62. The Morgan fingerprint density at radius 3 is 3.00 bits per heavy atom. The van der Waals surface area contributed by atoms with E-state index in [1.807, 2.05) is 6.92 Å². The van der Waals surface area contributed by atoms with E-state index in [1.165, 1.54) is 24.7 Å². The fourth-order valence-electron chi connectivity index (χ4n) is 1.66. The van der Waals surface area contributed by atoms with E-state index in [0.717, 1.165) is 11.4 Å². The van der Waals surface area contributed by atoms with Crippen LogP contribution in [0.5, 0.6) is 5.75 Å². The lowest BCUT2D eigenvalue weighted by Gasteiger charge is -2.08. The second-order valence-corrected chi connectivity index (χ2v) is 4.48. The predicted molar refractivity (Wildman–Crippen MR) is 69.2 cm³/mol. The molecular weight excluding hydrogens is 253 g/mol. The summed E-state index contributed by atoms with van der Waals surface area (Å²) in [6.45, 7) is 3.48. The van der Waals surface area contributed by atoms with Gasteiger partial charge in [0, 0.05) is 6.54 Å². The fourth-order valence-corrected chi connectivity index (χ4v) is 2.27. The van der Waals surface area contributed by atoms with E-state index in [9.17, 15) is 4.39 Å². The van der Waals surface area contributed by atoms with Gasteiger partial charge in [-0.1, -0.05) is 17.5 Å². The second-order valence-electron chi connectivity index (χ2n) is 3.64. The first-order valence-corrected chi connectivity index (χ1v) is 6.40. The molecule has 0 bridgehead atoms. The summed E-state index contributed by atoms with van der Waals surface area (Å²) in [5.41, 5.74) is 0.928. The summed E-state index contributed by atoms with van der Waals surface area (Å²) in [4.78, 5) is 0.903. The third kappa shape index (κ3) is 2.49. The molecular formula is C12H14FN3OS. The molecule has 0 amide bonds. The number of hydrogen-bond acceptors (Lipinski definition) is 5. The van der Waals surface area contributed by atoms with Gasteiger partial charge in [0.2, 0.25) is 0 Å². The molecule has 0 aliphatic heterocycles. The lowest BCUT2D eigenvalue weighted by molar-refractivity contribution is 0.413. The van der Waals surface area contributed by atoms with Crippen molar-refractivity contribution in [2.75, 3.05) is 13.7 Å². The molecule has 0 atom stereocenters. The van der Waals surface area contributed by atoms with Crippen molar-refractivity contribution in [2.24, 2.45) is 0 Å². The Balaban J connectivity index is 2.45. The molecule has 0 aliphatic carbocycles. The van der Waals surface area contributed by atoms with E-state index in [0.29, 0.717) is 23.6 Å². The minimum atomic E-state index is -0.347. The van der Waals surface area contributed by atoms with Crippen LogP contribution in [0.25, 0.3) is 11.3 Å². The minimum absolute atomic E-state index is 0.347. The van der Waals surface area contributed by atoms with Gasteiger partial charge in [0.1, 0.15) is 17.3 Å². The van der Waals surface area contributed by atoms with Crippen LogP contribution in [-0.4, -0.2) is 23.2 Å². The van der Waals surface area contributed by atoms with Crippen LogP contribution in [-0.2, 0) is 6.54 Å². The van der Waals surface area contributed by atoms with Crippen molar-refractivity contribution in [3.05, 3.63) is 28.9 Å². The average Bonchev–Trinajstić information content (AvgIpc) is 2.83. The highest BCUT2D eigenvalue weighted by Crippen LogP contribution is 2.34. The number of rotatable bonds is 5. The number of hydrogen-bond donors (Lipinski definition) is 1. The molecule has 6 heteroatoms. The van der Waals surface area contributed by atoms with E-state index in [4.69, 9.17) is 4.74 Å². The normalized spacial score (nSPS) is 10.6. The molecule has 1 N–H and O–H groups in total. The molecule has 96 valence electrons. The molecule has 18 heavy (non-hydrogen) atoms. The summed E-state index contributed by atoms with van der Waals surface area (Å²) in [5, 5.41) is 7.20. The summed E-state index contributed by atoms with van der Waals surface area (Å²) in [6, 6.07) is 4.73. The Hall–Kier alpha value is -1.53. The van der Waals surface area contributed by atoms with Gasteiger partial charge in [-0.15, -0.1) is 5.10 Å². The SMILES string of the molecule is CCNCc1snnc1-c1c(F)cccc1OC. The number of benzene rings is 1. The van der Waals surface area contributed by atoms with Crippen LogP contribution in [0.15, 0.2) is 18.2 Å². The van der Waals surface area contributed by atoms with Crippen molar-refractivity contribution in [2.45, 2.75) is 13.5 Å². The third-order valence-corrected chi connectivity index (χ3v) is 3.24. The van der Waals surface area contributed by atoms with Crippen molar-refractivity contribution < 1.29 is 9.13 Å². The zero-order valence-corrected chi connectivity index (χ0v) is 11.1. The zero-order chi connectivity index (χ0) is 13.0. The topological polar surface area (TPSA) is 47.0 Å². The smallest absolute Gasteiger partial charge is 0.136 e. The molecule has 0 aliphatic rings. The Bertz CT molecular complexity index is 530. The maximum absolute atomic E-state index is 13.9. The zero-order valence-electron chi connectivity index (χ0n) is 10.2. The van der Waals surface area contributed by atoms with Crippen LogP contribution < -0.4 is 10.1 Å². The van der Waals surface area contributed by atoms with Gasteiger partial charge in [0.15, 0.2) is 0 Å². The van der Waals surface area contributed by atoms with Gasteiger partial charge < -0.3 is 10.1 Å². The van der Waals surface area contributed by atoms with Gasteiger partial charge >= 0.3 is 0 Å². The largest absolute Gasteiger partial charge is 0.496 e.